The molecule has 0 spiro atoms. The van der Waals surface area contributed by atoms with Crippen LogP contribution in [-0.4, -0.2) is 31.6 Å². The fraction of sp³-hybridized carbons (Fsp3) is 0.273. The monoisotopic (exact) mass is 370 g/mol. The molecule has 4 rings (SSSR count). The highest BCUT2D eigenvalue weighted by Gasteiger charge is 2.15. The van der Waals surface area contributed by atoms with Crippen LogP contribution in [0.3, 0.4) is 0 Å². The molecule has 0 fully saturated rings. The molecule has 3 aromatic heterocycles. The van der Waals surface area contributed by atoms with Crippen LogP contribution in [0.4, 0.5) is 11.5 Å². The number of aromatic nitrogens is 5. The van der Waals surface area contributed by atoms with E-state index in [0.717, 1.165) is 33.8 Å². The predicted molar refractivity (Wildman–Crippen MR) is 112 cm³/mol. The van der Waals surface area contributed by atoms with Crippen LogP contribution in [0.1, 0.15) is 32.0 Å². The summed E-state index contributed by atoms with van der Waals surface area (Å²) in [6.45, 7) is 8.29. The number of hydrogen-bond donors (Lipinski definition) is 0. The molecule has 28 heavy (non-hydrogen) atoms. The maximum atomic E-state index is 4.72. The lowest BCUT2D eigenvalue weighted by molar-refractivity contribution is 0.571. The minimum atomic E-state index is -0.0398. The first-order valence-corrected chi connectivity index (χ1v) is 9.16. The highest BCUT2D eigenvalue weighted by molar-refractivity contribution is 5.91. The Balaban J connectivity index is 1.84. The minimum Gasteiger partial charge on any atom is -0.329 e. The lowest BCUT2D eigenvalue weighted by Crippen LogP contribution is -2.13. The molecule has 6 nitrogen and oxygen atoms in total. The van der Waals surface area contributed by atoms with Crippen LogP contribution in [0.15, 0.2) is 42.7 Å². The molecule has 0 unspecified atom stereocenters. The van der Waals surface area contributed by atoms with Crippen molar-refractivity contribution in [1.82, 2.24) is 24.6 Å². The van der Waals surface area contributed by atoms with Crippen LogP contribution in [0.5, 0.6) is 0 Å². The first kappa shape index (κ1) is 17.9. The Bertz CT molecular complexity index is 1240. The quantitative estimate of drug-likeness (QED) is 0.496. The van der Waals surface area contributed by atoms with Crippen LogP contribution in [-0.2, 0) is 0 Å². The molecule has 4 aromatic rings. The Morgan fingerprint density at radius 3 is 2.68 bits per heavy atom. The molecule has 0 atom stereocenters. The molecule has 3 heterocycles. The van der Waals surface area contributed by atoms with Gasteiger partial charge in [-0.05, 0) is 58.0 Å². The van der Waals surface area contributed by atoms with Crippen molar-refractivity contribution >= 4 is 28.3 Å². The van der Waals surface area contributed by atoms with Crippen molar-refractivity contribution in [3.63, 3.8) is 0 Å². The van der Waals surface area contributed by atoms with Gasteiger partial charge in [0.05, 0.1) is 5.39 Å². The largest absolute Gasteiger partial charge is 0.329 e. The molecule has 0 aliphatic carbocycles. The third-order valence-electron chi connectivity index (χ3n) is 4.35. The maximum Gasteiger partial charge on any atom is 0.258 e. The summed E-state index contributed by atoms with van der Waals surface area (Å²) >= 11 is 0. The van der Waals surface area contributed by atoms with Gasteiger partial charge in [-0.25, -0.2) is 9.38 Å². The topological polar surface area (TPSA) is 59.2 Å². The van der Waals surface area contributed by atoms with Crippen molar-refractivity contribution in [2.75, 3.05) is 11.9 Å². The first-order valence-electron chi connectivity index (χ1n) is 9.16. The Morgan fingerprint density at radius 1 is 1.07 bits per heavy atom. The minimum absolute atomic E-state index is 0.0398. The van der Waals surface area contributed by atoms with E-state index in [0.29, 0.717) is 5.78 Å². The number of aryl methyl sites for hydroxylation is 1. The summed E-state index contributed by atoms with van der Waals surface area (Å²) in [5.74, 6) is 7.86. The molecule has 0 saturated carbocycles. The average molecular weight is 370 g/mol. The summed E-state index contributed by atoms with van der Waals surface area (Å²) in [4.78, 5) is 11.4. The van der Waals surface area contributed by atoms with Gasteiger partial charge in [-0.2, -0.15) is 4.98 Å². The van der Waals surface area contributed by atoms with Gasteiger partial charge < -0.3 is 4.90 Å². The number of nitrogens with zero attached hydrogens (tertiary/aromatic N) is 6. The van der Waals surface area contributed by atoms with E-state index in [1.165, 1.54) is 0 Å². The second-order valence-electron chi connectivity index (χ2n) is 7.87. The molecule has 0 aliphatic rings. The Kier molecular flexibility index (Phi) is 4.23. The lowest BCUT2D eigenvalue weighted by atomic mass is 9.97. The van der Waals surface area contributed by atoms with E-state index in [4.69, 9.17) is 4.98 Å². The Morgan fingerprint density at radius 2 is 1.89 bits per heavy atom. The third kappa shape index (κ3) is 3.39. The molecule has 0 saturated heterocycles. The van der Waals surface area contributed by atoms with E-state index in [-0.39, 0.29) is 5.41 Å². The van der Waals surface area contributed by atoms with Crippen molar-refractivity contribution in [1.29, 1.82) is 0 Å². The SMILES string of the molecule is Cc1ccc2c(N(C)c3cccc(C#CC(C)(C)C)c3)nc3nncn3c2n1. The number of pyridine rings is 1. The predicted octanol–water partition coefficient (Wildman–Crippen LogP) is 4.15. The van der Waals surface area contributed by atoms with E-state index in [1.807, 2.05) is 53.6 Å². The number of benzene rings is 1. The molecule has 6 heteroatoms. The fourth-order valence-corrected chi connectivity index (χ4v) is 2.94. The number of rotatable bonds is 2. The van der Waals surface area contributed by atoms with Crippen LogP contribution in [0, 0.1) is 24.2 Å². The van der Waals surface area contributed by atoms with Gasteiger partial charge in [-0.1, -0.05) is 17.9 Å². The molecule has 0 bridgehead atoms. The lowest BCUT2D eigenvalue weighted by Gasteiger charge is -2.20. The normalized spacial score (nSPS) is 11.5. The van der Waals surface area contributed by atoms with E-state index in [2.05, 4.69) is 53.9 Å². The van der Waals surface area contributed by atoms with Crippen molar-refractivity contribution in [2.24, 2.45) is 5.41 Å². The van der Waals surface area contributed by atoms with Gasteiger partial charge in [0, 0.05) is 29.4 Å². The summed E-state index contributed by atoms with van der Waals surface area (Å²) < 4.78 is 1.81. The molecule has 1 aromatic carbocycles. The van der Waals surface area contributed by atoms with E-state index >= 15 is 0 Å². The average Bonchev–Trinajstić information content (AvgIpc) is 3.13. The Hall–Kier alpha value is -3.46. The maximum absolute atomic E-state index is 4.72. The van der Waals surface area contributed by atoms with Crippen molar-refractivity contribution in [3.05, 3.63) is 54.0 Å². The molecule has 0 radical (unpaired) electrons. The van der Waals surface area contributed by atoms with Crippen LogP contribution < -0.4 is 4.90 Å². The highest BCUT2D eigenvalue weighted by atomic mass is 15.3. The smallest absolute Gasteiger partial charge is 0.258 e. The van der Waals surface area contributed by atoms with Crippen LogP contribution in [0.2, 0.25) is 0 Å². The van der Waals surface area contributed by atoms with Crippen molar-refractivity contribution in [2.45, 2.75) is 27.7 Å². The number of fused-ring (bicyclic) bond motifs is 3. The summed E-state index contributed by atoms with van der Waals surface area (Å²) in [5, 5.41) is 9.05. The van der Waals surface area contributed by atoms with Crippen LogP contribution >= 0.6 is 0 Å². The van der Waals surface area contributed by atoms with Crippen molar-refractivity contribution in [3.8, 4) is 11.8 Å². The van der Waals surface area contributed by atoms with E-state index in [9.17, 15) is 0 Å². The molecule has 0 aliphatic heterocycles. The Labute approximate surface area is 164 Å². The van der Waals surface area contributed by atoms with Crippen LogP contribution in [0.25, 0.3) is 16.8 Å². The molecular formula is C22H22N6. The zero-order chi connectivity index (χ0) is 19.9. The van der Waals surface area contributed by atoms with E-state index < -0.39 is 0 Å². The number of hydrogen-bond acceptors (Lipinski definition) is 5. The third-order valence-corrected chi connectivity index (χ3v) is 4.35. The molecular weight excluding hydrogens is 348 g/mol. The zero-order valence-corrected chi connectivity index (χ0v) is 16.7. The first-order chi connectivity index (χ1) is 13.3. The van der Waals surface area contributed by atoms with Gasteiger partial charge >= 0.3 is 0 Å². The van der Waals surface area contributed by atoms with Gasteiger partial charge in [0.15, 0.2) is 5.65 Å². The number of anilines is 2. The molecule has 0 N–H and O–H groups in total. The van der Waals surface area contributed by atoms with E-state index in [1.54, 1.807) is 6.33 Å². The fourth-order valence-electron chi connectivity index (χ4n) is 2.94. The second-order valence-corrected chi connectivity index (χ2v) is 7.87. The summed E-state index contributed by atoms with van der Waals surface area (Å²) in [7, 11) is 1.99. The summed E-state index contributed by atoms with van der Waals surface area (Å²) in [6, 6.07) is 12.2. The van der Waals surface area contributed by atoms with Gasteiger partial charge in [-0.3, -0.25) is 0 Å². The zero-order valence-electron chi connectivity index (χ0n) is 16.7. The highest BCUT2D eigenvalue weighted by Crippen LogP contribution is 2.29. The standard InChI is InChI=1S/C22H22N6/c1-15-9-10-18-19(25-21-26-23-14-28(21)20(18)24-15)27(5)17-8-6-7-16(13-17)11-12-22(2,3)4/h6-10,13-14H,1-5H3. The summed E-state index contributed by atoms with van der Waals surface area (Å²) in [5.41, 5.74) is 3.66. The summed E-state index contributed by atoms with van der Waals surface area (Å²) in [6.07, 6.45) is 1.64. The van der Waals surface area contributed by atoms with Gasteiger partial charge in [0.1, 0.15) is 12.1 Å². The van der Waals surface area contributed by atoms with Gasteiger partial charge in [-0.15, -0.1) is 10.2 Å². The van der Waals surface area contributed by atoms with Crippen molar-refractivity contribution < 1.29 is 0 Å². The second kappa shape index (κ2) is 6.61. The molecule has 140 valence electrons. The molecule has 0 amide bonds. The van der Waals surface area contributed by atoms with Gasteiger partial charge in [0.25, 0.3) is 5.78 Å². The van der Waals surface area contributed by atoms with Gasteiger partial charge in [0.2, 0.25) is 0 Å².